The van der Waals surface area contributed by atoms with Crippen LogP contribution in [0.15, 0.2) is 36.8 Å². The van der Waals surface area contributed by atoms with Crippen molar-refractivity contribution in [2.75, 3.05) is 32.7 Å². The van der Waals surface area contributed by atoms with Gasteiger partial charge in [-0.1, -0.05) is 12.1 Å². The van der Waals surface area contributed by atoms with Crippen molar-refractivity contribution in [2.24, 2.45) is 0 Å². The number of nitrogens with one attached hydrogen (secondary N) is 1. The van der Waals surface area contributed by atoms with Gasteiger partial charge in [-0.15, -0.1) is 5.10 Å². The van der Waals surface area contributed by atoms with E-state index < -0.39 is 5.82 Å². The van der Waals surface area contributed by atoms with Gasteiger partial charge >= 0.3 is 0 Å². The van der Waals surface area contributed by atoms with Gasteiger partial charge in [-0.05, 0) is 46.2 Å². The number of rotatable bonds is 4. The van der Waals surface area contributed by atoms with Crippen LogP contribution in [0.5, 0.6) is 0 Å². The second-order valence-electron chi connectivity index (χ2n) is 8.65. The second kappa shape index (κ2) is 9.24. The third-order valence-corrected chi connectivity index (χ3v) is 6.67. The molecule has 10 nitrogen and oxygen atoms in total. The lowest BCUT2D eigenvalue weighted by atomic mass is 9.93. The molecule has 11 heteroatoms. The van der Waals surface area contributed by atoms with Crippen LogP contribution in [0.3, 0.4) is 0 Å². The van der Waals surface area contributed by atoms with Crippen LogP contribution in [0, 0.1) is 24.1 Å². The van der Waals surface area contributed by atoms with E-state index in [0.717, 1.165) is 30.8 Å². The van der Waals surface area contributed by atoms with Crippen molar-refractivity contribution in [1.29, 1.82) is 5.26 Å². The topological polar surface area (TPSA) is 116 Å². The van der Waals surface area contributed by atoms with Crippen molar-refractivity contribution < 1.29 is 9.18 Å². The fraction of sp³-hybridized carbons (Fsp3) is 0.391. The number of piperazine rings is 2. The lowest BCUT2D eigenvalue weighted by Crippen LogP contribution is -2.62. The van der Waals surface area contributed by atoms with E-state index in [1.807, 2.05) is 17.0 Å². The van der Waals surface area contributed by atoms with Gasteiger partial charge in [0, 0.05) is 51.0 Å². The van der Waals surface area contributed by atoms with Gasteiger partial charge in [0.15, 0.2) is 5.82 Å². The van der Waals surface area contributed by atoms with Gasteiger partial charge in [0.1, 0.15) is 18.2 Å². The molecule has 1 aromatic carbocycles. The van der Waals surface area contributed by atoms with Crippen LogP contribution in [0.4, 0.5) is 4.39 Å². The van der Waals surface area contributed by atoms with Gasteiger partial charge < -0.3 is 10.2 Å². The quantitative estimate of drug-likeness (QED) is 0.606. The Morgan fingerprint density at radius 1 is 1.26 bits per heavy atom. The molecule has 0 aliphatic carbocycles. The SMILES string of the molecule is Cc1c([C@@H]2CN3CCN(C(=O)Cc4ccc(-n5cnnn5)nc4)C[C@H]3CN2)ccc(F)c1C#N. The third-order valence-electron chi connectivity index (χ3n) is 6.67. The van der Waals surface area contributed by atoms with Crippen molar-refractivity contribution in [1.82, 2.24) is 40.3 Å². The fourth-order valence-corrected chi connectivity index (χ4v) is 4.76. The van der Waals surface area contributed by atoms with Crippen molar-refractivity contribution in [3.05, 3.63) is 64.9 Å². The molecule has 2 atom stereocenters. The van der Waals surface area contributed by atoms with Crippen molar-refractivity contribution >= 4 is 5.91 Å². The van der Waals surface area contributed by atoms with Gasteiger partial charge in [0.25, 0.3) is 0 Å². The lowest BCUT2D eigenvalue weighted by molar-refractivity contribution is -0.134. The zero-order valence-corrected chi connectivity index (χ0v) is 18.7. The Hall–Kier alpha value is -3.75. The first kappa shape index (κ1) is 22.1. The molecule has 174 valence electrons. The molecule has 2 aliphatic rings. The van der Waals surface area contributed by atoms with E-state index in [1.54, 1.807) is 25.3 Å². The molecule has 0 spiro atoms. The maximum atomic E-state index is 13.9. The first-order chi connectivity index (χ1) is 16.5. The van der Waals surface area contributed by atoms with E-state index >= 15 is 0 Å². The zero-order chi connectivity index (χ0) is 23.7. The van der Waals surface area contributed by atoms with Crippen LogP contribution in [0.1, 0.15) is 28.3 Å². The van der Waals surface area contributed by atoms with Crippen LogP contribution >= 0.6 is 0 Å². The van der Waals surface area contributed by atoms with Gasteiger partial charge in [-0.25, -0.2) is 9.37 Å². The van der Waals surface area contributed by atoms with Crippen LogP contribution in [0.2, 0.25) is 0 Å². The van der Waals surface area contributed by atoms with Crippen LogP contribution in [-0.2, 0) is 11.2 Å². The highest BCUT2D eigenvalue weighted by molar-refractivity contribution is 5.79. The minimum atomic E-state index is -0.482. The first-order valence-electron chi connectivity index (χ1n) is 11.2. The number of carbonyl (C=O) groups excluding carboxylic acids is 1. The molecule has 2 fully saturated rings. The van der Waals surface area contributed by atoms with E-state index in [-0.39, 0.29) is 30.0 Å². The molecular formula is C23H24FN9O. The number of aromatic nitrogens is 5. The number of hydrogen-bond donors (Lipinski definition) is 1. The summed E-state index contributed by atoms with van der Waals surface area (Å²) in [7, 11) is 0. The van der Waals surface area contributed by atoms with Gasteiger partial charge in [0.2, 0.25) is 5.91 Å². The highest BCUT2D eigenvalue weighted by Crippen LogP contribution is 2.27. The summed E-state index contributed by atoms with van der Waals surface area (Å²) >= 11 is 0. The van der Waals surface area contributed by atoms with Crippen molar-refractivity contribution in [3.63, 3.8) is 0 Å². The molecule has 2 saturated heterocycles. The standard InChI is InChI=1S/C23H24FN9O/c1-15-18(3-4-20(24)19(15)9-25)21-13-31-6-7-32(12-17(31)11-26-21)23(34)8-16-2-5-22(27-10-16)33-14-28-29-30-33/h2-5,10,14,17,21,26H,6-8,11-13H2,1H3/t17-,21+/m1/s1. The number of nitrogens with zero attached hydrogens (tertiary/aromatic N) is 8. The molecular weight excluding hydrogens is 437 g/mol. The maximum absolute atomic E-state index is 13.9. The Labute approximate surface area is 196 Å². The van der Waals surface area contributed by atoms with Crippen molar-refractivity contribution in [3.8, 4) is 11.9 Å². The van der Waals surface area contributed by atoms with Crippen LogP contribution in [0.25, 0.3) is 5.82 Å². The molecule has 0 bridgehead atoms. The molecule has 34 heavy (non-hydrogen) atoms. The summed E-state index contributed by atoms with van der Waals surface area (Å²) < 4.78 is 15.4. The van der Waals surface area contributed by atoms with E-state index in [0.29, 0.717) is 24.5 Å². The Balaban J connectivity index is 1.19. The Kier molecular flexibility index (Phi) is 6.00. The number of halogens is 1. The molecule has 1 N–H and O–H groups in total. The Bertz CT molecular complexity index is 1220. The second-order valence-corrected chi connectivity index (χ2v) is 8.65. The predicted octanol–water partition coefficient (Wildman–Crippen LogP) is 0.776. The minimum absolute atomic E-state index is 0.0241. The van der Waals surface area contributed by atoms with Crippen molar-refractivity contribution in [2.45, 2.75) is 25.4 Å². The molecule has 1 amide bonds. The summed E-state index contributed by atoms with van der Waals surface area (Å²) in [6.45, 7) is 5.36. The van der Waals surface area contributed by atoms with E-state index in [9.17, 15) is 14.4 Å². The average molecular weight is 462 g/mol. The normalized spacial score (nSPS) is 20.6. The average Bonchev–Trinajstić information content (AvgIpc) is 3.39. The molecule has 4 heterocycles. The third kappa shape index (κ3) is 4.25. The summed E-state index contributed by atoms with van der Waals surface area (Å²) in [5.41, 5.74) is 2.59. The number of nitriles is 1. The molecule has 0 unspecified atom stereocenters. The molecule has 2 aliphatic heterocycles. The zero-order valence-electron chi connectivity index (χ0n) is 18.7. The summed E-state index contributed by atoms with van der Waals surface area (Å²) in [6.07, 6.45) is 3.44. The number of hydrogen-bond acceptors (Lipinski definition) is 8. The highest BCUT2D eigenvalue weighted by atomic mass is 19.1. The first-order valence-corrected chi connectivity index (χ1v) is 11.2. The number of pyridine rings is 1. The Morgan fingerprint density at radius 3 is 2.88 bits per heavy atom. The van der Waals surface area contributed by atoms with Gasteiger partial charge in [0.05, 0.1) is 12.0 Å². The van der Waals surface area contributed by atoms with Gasteiger partial charge in [-0.3, -0.25) is 9.69 Å². The predicted molar refractivity (Wildman–Crippen MR) is 119 cm³/mol. The van der Waals surface area contributed by atoms with Crippen LogP contribution < -0.4 is 5.32 Å². The van der Waals surface area contributed by atoms with E-state index in [2.05, 4.69) is 30.7 Å². The molecule has 0 saturated carbocycles. The largest absolute Gasteiger partial charge is 0.340 e. The summed E-state index contributed by atoms with van der Waals surface area (Å²) in [5.74, 6) is 0.188. The number of tetrazole rings is 1. The molecule has 3 aromatic rings. The van der Waals surface area contributed by atoms with E-state index in [4.69, 9.17) is 0 Å². The van der Waals surface area contributed by atoms with E-state index in [1.165, 1.54) is 17.1 Å². The highest BCUT2D eigenvalue weighted by Gasteiger charge is 2.35. The fourth-order valence-electron chi connectivity index (χ4n) is 4.76. The number of fused-ring (bicyclic) bond motifs is 1. The summed E-state index contributed by atoms with van der Waals surface area (Å²) in [4.78, 5) is 21.6. The molecule has 0 radical (unpaired) electrons. The van der Waals surface area contributed by atoms with Gasteiger partial charge in [-0.2, -0.15) is 9.94 Å². The monoisotopic (exact) mass is 461 g/mol. The summed E-state index contributed by atoms with van der Waals surface area (Å²) in [6, 6.07) is 9.00. The lowest BCUT2D eigenvalue weighted by Gasteiger charge is -2.47. The Morgan fingerprint density at radius 2 is 2.15 bits per heavy atom. The number of amides is 1. The minimum Gasteiger partial charge on any atom is -0.340 e. The number of benzene rings is 1. The molecule has 5 rings (SSSR count). The smallest absolute Gasteiger partial charge is 0.227 e. The van der Waals surface area contributed by atoms with Crippen LogP contribution in [-0.4, -0.2) is 79.7 Å². The maximum Gasteiger partial charge on any atom is 0.227 e. The number of carbonyl (C=O) groups is 1. The molecule has 2 aromatic heterocycles. The summed E-state index contributed by atoms with van der Waals surface area (Å²) in [5, 5.41) is 23.8.